The standard InChI is InChI=1S/C26H27ClN4O4/c1-3-33-20-12-8-18(9-13-20)24-29-25(35-30-24)22-16(2)31(15-21-5-4-14-34-21)26(32)28-23(22)17-6-10-19(27)11-7-17/h6-13,21,23H,3-5,14-15H2,1-2H3,(H,28,32). The highest BCUT2D eigenvalue weighted by Gasteiger charge is 2.37. The van der Waals surface area contributed by atoms with Gasteiger partial charge in [-0.15, -0.1) is 0 Å². The van der Waals surface area contributed by atoms with Gasteiger partial charge in [0, 0.05) is 22.9 Å². The van der Waals surface area contributed by atoms with Crippen LogP contribution >= 0.6 is 11.6 Å². The van der Waals surface area contributed by atoms with Crippen molar-refractivity contribution in [3.63, 3.8) is 0 Å². The Bertz CT molecular complexity index is 1220. The minimum atomic E-state index is -0.464. The first kappa shape index (κ1) is 23.4. The fourth-order valence-corrected chi connectivity index (χ4v) is 4.62. The Morgan fingerprint density at radius 2 is 1.94 bits per heavy atom. The Hall–Kier alpha value is -3.36. The third kappa shape index (κ3) is 4.90. The summed E-state index contributed by atoms with van der Waals surface area (Å²) in [5, 5.41) is 7.95. The predicted molar refractivity (Wildman–Crippen MR) is 132 cm³/mol. The molecule has 182 valence electrons. The van der Waals surface area contributed by atoms with Crippen molar-refractivity contribution in [1.82, 2.24) is 20.4 Å². The summed E-state index contributed by atoms with van der Waals surface area (Å²) in [6.07, 6.45) is 1.93. The highest BCUT2D eigenvalue weighted by molar-refractivity contribution is 6.30. The maximum absolute atomic E-state index is 13.2. The lowest BCUT2D eigenvalue weighted by molar-refractivity contribution is 0.0877. The van der Waals surface area contributed by atoms with Gasteiger partial charge in [-0.05, 0) is 68.7 Å². The van der Waals surface area contributed by atoms with E-state index in [1.165, 1.54) is 0 Å². The Balaban J connectivity index is 1.52. The third-order valence-electron chi connectivity index (χ3n) is 6.29. The molecule has 1 aromatic heterocycles. The molecule has 5 rings (SSSR count). The first-order valence-electron chi connectivity index (χ1n) is 11.8. The van der Waals surface area contributed by atoms with Gasteiger partial charge in [0.2, 0.25) is 5.82 Å². The number of aromatic nitrogens is 2. The second-order valence-electron chi connectivity index (χ2n) is 8.56. The number of hydrogen-bond donors (Lipinski definition) is 1. The molecular weight excluding hydrogens is 468 g/mol. The highest BCUT2D eigenvalue weighted by atomic mass is 35.5. The van der Waals surface area contributed by atoms with Crippen molar-refractivity contribution in [1.29, 1.82) is 0 Å². The molecule has 0 aliphatic carbocycles. The van der Waals surface area contributed by atoms with E-state index in [1.807, 2.05) is 50.2 Å². The molecule has 3 heterocycles. The predicted octanol–water partition coefficient (Wildman–Crippen LogP) is 5.47. The lowest BCUT2D eigenvalue weighted by Crippen LogP contribution is -2.48. The fourth-order valence-electron chi connectivity index (χ4n) is 4.49. The van der Waals surface area contributed by atoms with E-state index in [2.05, 4.69) is 10.5 Å². The third-order valence-corrected chi connectivity index (χ3v) is 6.54. The summed E-state index contributed by atoms with van der Waals surface area (Å²) in [4.78, 5) is 19.6. The van der Waals surface area contributed by atoms with Gasteiger partial charge in [-0.1, -0.05) is 28.9 Å². The van der Waals surface area contributed by atoms with Gasteiger partial charge >= 0.3 is 6.03 Å². The monoisotopic (exact) mass is 494 g/mol. The molecule has 1 saturated heterocycles. The number of benzene rings is 2. The van der Waals surface area contributed by atoms with Gasteiger partial charge in [0.15, 0.2) is 0 Å². The van der Waals surface area contributed by atoms with Crippen LogP contribution in [0.2, 0.25) is 5.02 Å². The molecule has 9 heteroatoms. The van der Waals surface area contributed by atoms with Gasteiger partial charge in [-0.2, -0.15) is 4.98 Å². The minimum absolute atomic E-state index is 0.00568. The zero-order valence-electron chi connectivity index (χ0n) is 19.7. The van der Waals surface area contributed by atoms with Gasteiger partial charge in [-0.3, -0.25) is 4.90 Å². The van der Waals surface area contributed by atoms with Crippen LogP contribution in [0.25, 0.3) is 17.0 Å². The van der Waals surface area contributed by atoms with Crippen LogP contribution in [0, 0.1) is 0 Å². The minimum Gasteiger partial charge on any atom is -0.494 e. The smallest absolute Gasteiger partial charge is 0.322 e. The largest absolute Gasteiger partial charge is 0.494 e. The molecule has 2 atom stereocenters. The van der Waals surface area contributed by atoms with Crippen molar-refractivity contribution in [2.24, 2.45) is 0 Å². The summed E-state index contributed by atoms with van der Waals surface area (Å²) in [7, 11) is 0. The lowest BCUT2D eigenvalue weighted by Gasteiger charge is -2.36. The van der Waals surface area contributed by atoms with Gasteiger partial charge < -0.3 is 19.3 Å². The van der Waals surface area contributed by atoms with E-state index in [0.717, 1.165) is 47.6 Å². The molecule has 35 heavy (non-hydrogen) atoms. The number of urea groups is 1. The quantitative estimate of drug-likeness (QED) is 0.468. The summed E-state index contributed by atoms with van der Waals surface area (Å²) in [6.45, 7) is 5.64. The Kier molecular flexibility index (Phi) is 6.74. The van der Waals surface area contributed by atoms with Crippen LogP contribution in [0.4, 0.5) is 4.79 Å². The van der Waals surface area contributed by atoms with Crippen LogP contribution in [-0.2, 0) is 4.74 Å². The molecule has 8 nitrogen and oxygen atoms in total. The number of allylic oxidation sites excluding steroid dienone is 1. The molecule has 1 N–H and O–H groups in total. The van der Waals surface area contributed by atoms with Crippen LogP contribution in [-0.4, -0.2) is 46.9 Å². The van der Waals surface area contributed by atoms with Crippen molar-refractivity contribution in [3.8, 4) is 17.1 Å². The Labute approximate surface area is 208 Å². The summed E-state index contributed by atoms with van der Waals surface area (Å²) in [5.74, 6) is 1.59. The van der Waals surface area contributed by atoms with Gasteiger partial charge in [0.05, 0.1) is 30.9 Å². The molecular formula is C26H27ClN4O4. The van der Waals surface area contributed by atoms with Crippen LogP contribution in [0.1, 0.15) is 44.2 Å². The number of hydrogen-bond acceptors (Lipinski definition) is 6. The van der Waals surface area contributed by atoms with E-state index in [4.69, 9.17) is 30.6 Å². The van der Waals surface area contributed by atoms with Crippen molar-refractivity contribution in [2.75, 3.05) is 19.8 Å². The zero-order chi connectivity index (χ0) is 24.4. The number of carbonyl (C=O) groups is 1. The second kappa shape index (κ2) is 10.1. The van der Waals surface area contributed by atoms with Crippen molar-refractivity contribution in [2.45, 2.75) is 38.8 Å². The molecule has 2 aliphatic rings. The summed E-state index contributed by atoms with van der Waals surface area (Å²) in [5.41, 5.74) is 3.18. The van der Waals surface area contributed by atoms with Crippen LogP contribution in [0.15, 0.2) is 58.8 Å². The van der Waals surface area contributed by atoms with Crippen molar-refractivity contribution < 1.29 is 18.8 Å². The molecule has 2 unspecified atom stereocenters. The van der Waals surface area contributed by atoms with Crippen LogP contribution < -0.4 is 10.1 Å². The normalized spacial score (nSPS) is 20.3. The molecule has 3 aromatic rings. The summed E-state index contributed by atoms with van der Waals surface area (Å²) >= 11 is 6.11. The number of rotatable bonds is 7. The average Bonchev–Trinajstić information content (AvgIpc) is 3.55. The number of nitrogens with zero attached hydrogens (tertiary/aromatic N) is 3. The van der Waals surface area contributed by atoms with E-state index < -0.39 is 6.04 Å². The fraction of sp³-hybridized carbons (Fsp3) is 0.346. The topological polar surface area (TPSA) is 89.7 Å². The first-order valence-corrected chi connectivity index (χ1v) is 12.1. The number of halogens is 1. The number of ether oxygens (including phenoxy) is 2. The maximum Gasteiger partial charge on any atom is 0.322 e. The zero-order valence-corrected chi connectivity index (χ0v) is 20.4. The van der Waals surface area contributed by atoms with E-state index in [1.54, 1.807) is 17.0 Å². The van der Waals surface area contributed by atoms with E-state index in [0.29, 0.717) is 29.9 Å². The lowest BCUT2D eigenvalue weighted by atomic mass is 9.94. The first-order chi connectivity index (χ1) is 17.0. The maximum atomic E-state index is 13.2. The van der Waals surface area contributed by atoms with Gasteiger partial charge in [-0.25, -0.2) is 4.79 Å². The molecule has 0 bridgehead atoms. The van der Waals surface area contributed by atoms with Gasteiger partial charge in [0.1, 0.15) is 5.75 Å². The van der Waals surface area contributed by atoms with Gasteiger partial charge in [0.25, 0.3) is 5.89 Å². The van der Waals surface area contributed by atoms with Crippen molar-refractivity contribution in [3.05, 3.63) is 70.7 Å². The Morgan fingerprint density at radius 1 is 1.17 bits per heavy atom. The molecule has 2 aliphatic heterocycles. The highest BCUT2D eigenvalue weighted by Crippen LogP contribution is 2.38. The number of carbonyl (C=O) groups excluding carboxylic acids is 1. The molecule has 0 spiro atoms. The van der Waals surface area contributed by atoms with E-state index in [9.17, 15) is 4.79 Å². The van der Waals surface area contributed by atoms with Crippen LogP contribution in [0.5, 0.6) is 5.75 Å². The Morgan fingerprint density at radius 3 is 2.63 bits per heavy atom. The SMILES string of the molecule is CCOc1ccc(-c2noc(C3=C(C)N(CC4CCCO4)C(=O)NC3c3ccc(Cl)cc3)n2)cc1. The molecule has 1 fully saturated rings. The van der Waals surface area contributed by atoms with E-state index >= 15 is 0 Å². The average molecular weight is 495 g/mol. The van der Waals surface area contributed by atoms with Crippen LogP contribution in [0.3, 0.4) is 0 Å². The molecule has 0 saturated carbocycles. The van der Waals surface area contributed by atoms with Crippen molar-refractivity contribution >= 4 is 23.2 Å². The molecule has 0 radical (unpaired) electrons. The molecule has 2 amide bonds. The summed E-state index contributed by atoms with van der Waals surface area (Å²) in [6, 6.07) is 14.3. The van der Waals surface area contributed by atoms with E-state index in [-0.39, 0.29) is 12.1 Å². The number of nitrogens with one attached hydrogen (secondary N) is 1. The number of amides is 2. The molecule has 2 aromatic carbocycles. The second-order valence-corrected chi connectivity index (χ2v) is 9.00. The summed E-state index contributed by atoms with van der Waals surface area (Å²) < 4.78 is 17.1.